The normalized spacial score (nSPS) is 25.1. The van der Waals surface area contributed by atoms with Gasteiger partial charge in [0.2, 0.25) is 0 Å². The molecule has 3 amide bonds. The first kappa shape index (κ1) is 19.8. The lowest BCUT2D eigenvalue weighted by Gasteiger charge is -2.35. The van der Waals surface area contributed by atoms with Gasteiger partial charge in [0.1, 0.15) is 5.54 Å². The standard InChI is InChI=1S/C21H32N4O2/c1-6-23-11-13-24(14-12-23)15-25-18(26)21(5,22-19(25)27)17-9-7-16(8-10-17)20(2,3)4/h7-10H,6,11-15H2,1-5H3,(H,22,27). The second-order valence-corrected chi connectivity index (χ2v) is 8.81. The summed E-state index contributed by atoms with van der Waals surface area (Å²) < 4.78 is 0. The van der Waals surface area contributed by atoms with Crippen molar-refractivity contribution in [3.05, 3.63) is 35.4 Å². The van der Waals surface area contributed by atoms with Crippen LogP contribution in [0.4, 0.5) is 4.79 Å². The molecule has 0 aliphatic carbocycles. The summed E-state index contributed by atoms with van der Waals surface area (Å²) in [7, 11) is 0. The highest BCUT2D eigenvalue weighted by Gasteiger charge is 2.49. The summed E-state index contributed by atoms with van der Waals surface area (Å²) in [6, 6.07) is 7.71. The number of hydrogen-bond donors (Lipinski definition) is 1. The summed E-state index contributed by atoms with van der Waals surface area (Å²) in [5.74, 6) is -0.172. The van der Waals surface area contributed by atoms with Crippen LogP contribution < -0.4 is 5.32 Å². The Kier molecular flexibility index (Phi) is 5.32. The number of imide groups is 1. The van der Waals surface area contributed by atoms with Gasteiger partial charge in [-0.2, -0.15) is 0 Å². The molecule has 0 radical (unpaired) electrons. The quantitative estimate of drug-likeness (QED) is 0.825. The molecule has 2 saturated heterocycles. The van der Waals surface area contributed by atoms with E-state index in [9.17, 15) is 9.59 Å². The number of hydrogen-bond acceptors (Lipinski definition) is 4. The van der Waals surface area contributed by atoms with Crippen molar-refractivity contribution in [3.63, 3.8) is 0 Å². The molecule has 1 aromatic carbocycles. The molecule has 1 atom stereocenters. The molecule has 0 spiro atoms. The molecule has 3 rings (SSSR count). The van der Waals surface area contributed by atoms with Crippen molar-refractivity contribution >= 4 is 11.9 Å². The largest absolute Gasteiger partial charge is 0.326 e. The van der Waals surface area contributed by atoms with Crippen molar-refractivity contribution in [1.82, 2.24) is 20.0 Å². The highest BCUT2D eigenvalue weighted by Crippen LogP contribution is 2.31. The Labute approximate surface area is 162 Å². The van der Waals surface area contributed by atoms with Crippen molar-refractivity contribution in [2.24, 2.45) is 0 Å². The molecule has 1 N–H and O–H groups in total. The van der Waals surface area contributed by atoms with E-state index in [0.29, 0.717) is 6.67 Å². The van der Waals surface area contributed by atoms with Crippen LogP contribution >= 0.6 is 0 Å². The fraction of sp³-hybridized carbons (Fsp3) is 0.619. The molecular weight excluding hydrogens is 340 g/mol. The summed E-state index contributed by atoms with van der Waals surface area (Å²) in [4.78, 5) is 31.6. The Balaban J connectivity index is 1.73. The number of piperazine rings is 1. The van der Waals surface area contributed by atoms with Gasteiger partial charge in [0.15, 0.2) is 0 Å². The molecule has 0 saturated carbocycles. The highest BCUT2D eigenvalue weighted by molar-refractivity contribution is 6.07. The van der Waals surface area contributed by atoms with Crippen molar-refractivity contribution in [2.75, 3.05) is 39.4 Å². The predicted molar refractivity (Wildman–Crippen MR) is 106 cm³/mol. The third kappa shape index (κ3) is 3.87. The zero-order chi connectivity index (χ0) is 19.8. The Morgan fingerprint density at radius 1 is 1.00 bits per heavy atom. The SMILES string of the molecule is CCN1CCN(CN2C(=O)NC(C)(c3ccc(C(C)(C)C)cc3)C2=O)CC1. The molecule has 2 aliphatic rings. The Hall–Kier alpha value is -1.92. The number of benzene rings is 1. The first-order chi connectivity index (χ1) is 12.6. The van der Waals surface area contributed by atoms with Gasteiger partial charge in [0, 0.05) is 26.2 Å². The van der Waals surface area contributed by atoms with E-state index in [1.54, 1.807) is 6.92 Å². The van der Waals surface area contributed by atoms with Crippen molar-refractivity contribution < 1.29 is 9.59 Å². The minimum absolute atomic E-state index is 0.0506. The number of nitrogens with one attached hydrogen (secondary N) is 1. The van der Waals surface area contributed by atoms with E-state index in [1.165, 1.54) is 10.5 Å². The van der Waals surface area contributed by atoms with E-state index in [1.807, 2.05) is 24.3 Å². The van der Waals surface area contributed by atoms with Crippen LogP contribution in [0.25, 0.3) is 0 Å². The number of nitrogens with zero attached hydrogens (tertiary/aromatic N) is 3. The van der Waals surface area contributed by atoms with Gasteiger partial charge in [-0.3, -0.25) is 9.69 Å². The van der Waals surface area contributed by atoms with E-state index >= 15 is 0 Å². The lowest BCUT2D eigenvalue weighted by atomic mass is 9.84. The average molecular weight is 373 g/mol. The highest BCUT2D eigenvalue weighted by atomic mass is 16.2. The summed E-state index contributed by atoms with van der Waals surface area (Å²) >= 11 is 0. The smallest absolute Gasteiger partial charge is 0.319 e. The van der Waals surface area contributed by atoms with Gasteiger partial charge >= 0.3 is 6.03 Å². The fourth-order valence-electron chi connectivity index (χ4n) is 3.77. The number of likely N-dealkylation sites (N-methyl/N-ethyl adjacent to an activating group) is 1. The lowest BCUT2D eigenvalue weighted by Crippen LogP contribution is -2.51. The molecule has 6 nitrogen and oxygen atoms in total. The Bertz CT molecular complexity index is 702. The van der Waals surface area contributed by atoms with Gasteiger partial charge in [-0.05, 0) is 30.0 Å². The van der Waals surface area contributed by atoms with E-state index in [-0.39, 0.29) is 17.4 Å². The van der Waals surface area contributed by atoms with Crippen LogP contribution in [0.15, 0.2) is 24.3 Å². The van der Waals surface area contributed by atoms with Gasteiger partial charge in [-0.25, -0.2) is 9.69 Å². The van der Waals surface area contributed by atoms with Crippen LogP contribution in [0.2, 0.25) is 0 Å². The van der Waals surface area contributed by atoms with E-state index in [2.05, 4.69) is 42.8 Å². The fourth-order valence-corrected chi connectivity index (χ4v) is 3.77. The third-order valence-corrected chi connectivity index (χ3v) is 5.86. The monoisotopic (exact) mass is 372 g/mol. The van der Waals surface area contributed by atoms with Gasteiger partial charge in [-0.15, -0.1) is 0 Å². The summed E-state index contributed by atoms with van der Waals surface area (Å²) in [5, 5.41) is 2.91. The van der Waals surface area contributed by atoms with Crippen LogP contribution in [0.3, 0.4) is 0 Å². The number of rotatable bonds is 4. The van der Waals surface area contributed by atoms with Crippen molar-refractivity contribution in [1.29, 1.82) is 0 Å². The average Bonchev–Trinajstić information content (AvgIpc) is 2.86. The predicted octanol–water partition coefficient (Wildman–Crippen LogP) is 2.35. The Morgan fingerprint density at radius 3 is 2.07 bits per heavy atom. The maximum Gasteiger partial charge on any atom is 0.326 e. The molecule has 27 heavy (non-hydrogen) atoms. The minimum Gasteiger partial charge on any atom is -0.319 e. The molecule has 2 fully saturated rings. The number of urea groups is 1. The Morgan fingerprint density at radius 2 is 1.56 bits per heavy atom. The number of carbonyl (C=O) groups is 2. The molecule has 0 bridgehead atoms. The van der Waals surface area contributed by atoms with Crippen LogP contribution in [-0.4, -0.2) is 66.0 Å². The summed E-state index contributed by atoms with van der Waals surface area (Å²) in [6.07, 6.45) is 0. The zero-order valence-electron chi connectivity index (χ0n) is 17.2. The third-order valence-electron chi connectivity index (χ3n) is 5.86. The molecule has 6 heteroatoms. The van der Waals surface area contributed by atoms with E-state index < -0.39 is 5.54 Å². The van der Waals surface area contributed by atoms with Gasteiger partial charge in [0.05, 0.1) is 6.67 Å². The van der Waals surface area contributed by atoms with Gasteiger partial charge in [0.25, 0.3) is 5.91 Å². The first-order valence-corrected chi connectivity index (χ1v) is 9.85. The van der Waals surface area contributed by atoms with Crippen LogP contribution in [0.5, 0.6) is 0 Å². The van der Waals surface area contributed by atoms with Crippen LogP contribution in [0, 0.1) is 0 Å². The second kappa shape index (κ2) is 7.24. The lowest BCUT2D eigenvalue weighted by molar-refractivity contribution is -0.132. The molecule has 1 aromatic rings. The molecule has 148 valence electrons. The van der Waals surface area contributed by atoms with Gasteiger partial charge in [-0.1, -0.05) is 52.0 Å². The summed E-state index contributed by atoms with van der Waals surface area (Å²) in [5.41, 5.74) is 1.08. The number of carbonyl (C=O) groups excluding carboxylic acids is 2. The first-order valence-electron chi connectivity index (χ1n) is 9.85. The molecule has 0 aromatic heterocycles. The van der Waals surface area contributed by atoms with E-state index in [4.69, 9.17) is 0 Å². The minimum atomic E-state index is -1.00. The van der Waals surface area contributed by atoms with Gasteiger partial charge < -0.3 is 10.2 Å². The zero-order valence-corrected chi connectivity index (χ0v) is 17.2. The van der Waals surface area contributed by atoms with E-state index in [0.717, 1.165) is 38.3 Å². The maximum atomic E-state index is 13.1. The number of amides is 3. The second-order valence-electron chi connectivity index (χ2n) is 8.81. The van der Waals surface area contributed by atoms with Crippen LogP contribution in [-0.2, 0) is 15.7 Å². The maximum absolute atomic E-state index is 13.1. The van der Waals surface area contributed by atoms with Crippen molar-refractivity contribution in [3.8, 4) is 0 Å². The topological polar surface area (TPSA) is 55.9 Å². The summed E-state index contributed by atoms with van der Waals surface area (Å²) in [6.45, 7) is 15.5. The van der Waals surface area contributed by atoms with Crippen LogP contribution in [0.1, 0.15) is 45.7 Å². The molecule has 1 unspecified atom stereocenters. The molecule has 2 aliphatic heterocycles. The van der Waals surface area contributed by atoms with Crippen molar-refractivity contribution in [2.45, 2.75) is 45.6 Å². The molecule has 2 heterocycles. The molecular formula is C21H32N4O2.